The number of nitrogens with zero attached hydrogens (tertiary/aromatic N) is 2. The maximum absolute atomic E-state index is 11.6. The molecule has 0 radical (unpaired) electrons. The lowest BCUT2D eigenvalue weighted by atomic mass is 10.1. The molecule has 0 bridgehead atoms. The zero-order chi connectivity index (χ0) is 15.0. The van der Waals surface area contributed by atoms with Gasteiger partial charge in [-0.3, -0.25) is 4.79 Å². The van der Waals surface area contributed by atoms with Crippen LogP contribution in [0.5, 0.6) is 0 Å². The molecule has 0 atom stereocenters. The fourth-order valence-electron chi connectivity index (χ4n) is 2.39. The van der Waals surface area contributed by atoms with Crippen molar-refractivity contribution in [2.24, 2.45) is 7.05 Å². The molecule has 0 saturated heterocycles. The summed E-state index contributed by atoms with van der Waals surface area (Å²) in [7, 11) is 3.58. The first-order valence-electron chi connectivity index (χ1n) is 6.64. The fraction of sp³-hybridized carbons (Fsp3) is 0.125. The van der Waals surface area contributed by atoms with E-state index in [0.29, 0.717) is 11.3 Å². The van der Waals surface area contributed by atoms with E-state index in [1.807, 2.05) is 41.9 Å². The predicted octanol–water partition coefficient (Wildman–Crippen LogP) is 2.18. The number of carbonyl (C=O) groups excluding carboxylic acids is 1. The fourth-order valence-corrected chi connectivity index (χ4v) is 2.39. The Bertz CT molecular complexity index is 818. The summed E-state index contributed by atoms with van der Waals surface area (Å²) < 4.78 is 2.02. The molecule has 0 aliphatic carbocycles. The lowest BCUT2D eigenvalue weighted by molar-refractivity contribution is 0.0963. The number of carbonyl (C=O) groups is 1. The zero-order valence-corrected chi connectivity index (χ0v) is 11.9. The molecule has 0 aliphatic heterocycles. The SMILES string of the molecule is CNC(=O)c1ccc(-c2nc3cc(N)ccc3n2C)cc1. The number of imidazole rings is 1. The van der Waals surface area contributed by atoms with Gasteiger partial charge < -0.3 is 15.6 Å². The average molecular weight is 280 g/mol. The summed E-state index contributed by atoms with van der Waals surface area (Å²) in [5.41, 5.74) is 9.97. The van der Waals surface area contributed by atoms with Gasteiger partial charge in [-0.2, -0.15) is 0 Å². The summed E-state index contributed by atoms with van der Waals surface area (Å²) in [6, 6.07) is 13.1. The number of fused-ring (bicyclic) bond motifs is 1. The van der Waals surface area contributed by atoms with Crippen LogP contribution in [0.25, 0.3) is 22.4 Å². The molecule has 106 valence electrons. The average Bonchev–Trinajstić information content (AvgIpc) is 2.83. The molecule has 3 rings (SSSR count). The molecule has 1 aromatic heterocycles. The lowest BCUT2D eigenvalue weighted by Crippen LogP contribution is -2.17. The van der Waals surface area contributed by atoms with Gasteiger partial charge in [0.15, 0.2) is 0 Å². The number of aryl methyl sites for hydroxylation is 1. The quantitative estimate of drug-likeness (QED) is 0.707. The highest BCUT2D eigenvalue weighted by Gasteiger charge is 2.11. The summed E-state index contributed by atoms with van der Waals surface area (Å²) in [5.74, 6) is 0.749. The van der Waals surface area contributed by atoms with Crippen molar-refractivity contribution in [2.75, 3.05) is 12.8 Å². The summed E-state index contributed by atoms with van der Waals surface area (Å²) in [6.07, 6.45) is 0. The number of rotatable bonds is 2. The third kappa shape index (κ3) is 2.23. The van der Waals surface area contributed by atoms with Gasteiger partial charge in [-0.15, -0.1) is 0 Å². The van der Waals surface area contributed by atoms with Crippen LogP contribution in [-0.4, -0.2) is 22.5 Å². The van der Waals surface area contributed by atoms with Crippen LogP contribution in [0.2, 0.25) is 0 Å². The standard InChI is InChI=1S/C16H16N4O/c1-18-16(21)11-5-3-10(4-6-11)15-19-13-9-12(17)7-8-14(13)20(15)2/h3-9H,17H2,1-2H3,(H,18,21). The van der Waals surface area contributed by atoms with Gasteiger partial charge in [-0.05, 0) is 30.3 Å². The first-order valence-corrected chi connectivity index (χ1v) is 6.64. The van der Waals surface area contributed by atoms with Crippen molar-refractivity contribution in [2.45, 2.75) is 0 Å². The first kappa shape index (κ1) is 13.2. The van der Waals surface area contributed by atoms with Gasteiger partial charge in [-0.25, -0.2) is 4.98 Å². The normalized spacial score (nSPS) is 10.8. The summed E-state index contributed by atoms with van der Waals surface area (Å²) in [5, 5.41) is 2.61. The number of hydrogen-bond acceptors (Lipinski definition) is 3. The Morgan fingerprint density at radius 3 is 2.57 bits per heavy atom. The van der Waals surface area contributed by atoms with E-state index in [-0.39, 0.29) is 5.91 Å². The number of hydrogen-bond donors (Lipinski definition) is 2. The minimum absolute atomic E-state index is 0.0978. The van der Waals surface area contributed by atoms with Crippen LogP contribution in [-0.2, 0) is 7.05 Å². The third-order valence-electron chi connectivity index (χ3n) is 3.54. The molecule has 1 heterocycles. The third-order valence-corrected chi connectivity index (χ3v) is 3.54. The van der Waals surface area contributed by atoms with Crippen LogP contribution in [0.1, 0.15) is 10.4 Å². The second kappa shape index (κ2) is 4.94. The highest BCUT2D eigenvalue weighted by Crippen LogP contribution is 2.25. The van der Waals surface area contributed by atoms with Crippen molar-refractivity contribution in [3.8, 4) is 11.4 Å². The van der Waals surface area contributed by atoms with Gasteiger partial charge in [0.1, 0.15) is 5.82 Å². The van der Waals surface area contributed by atoms with E-state index in [1.165, 1.54) is 0 Å². The molecular weight excluding hydrogens is 264 g/mol. The largest absolute Gasteiger partial charge is 0.399 e. The molecule has 21 heavy (non-hydrogen) atoms. The van der Waals surface area contributed by atoms with E-state index in [9.17, 15) is 4.79 Å². The number of amides is 1. The zero-order valence-electron chi connectivity index (χ0n) is 11.9. The summed E-state index contributed by atoms with van der Waals surface area (Å²) in [4.78, 5) is 16.2. The van der Waals surface area contributed by atoms with Crippen LogP contribution >= 0.6 is 0 Å². The number of nitrogens with one attached hydrogen (secondary N) is 1. The van der Waals surface area contributed by atoms with Crippen molar-refractivity contribution in [1.82, 2.24) is 14.9 Å². The molecule has 0 unspecified atom stereocenters. The Kier molecular flexibility index (Phi) is 3.10. The number of aromatic nitrogens is 2. The molecule has 0 aliphatic rings. The molecule has 3 aromatic rings. The van der Waals surface area contributed by atoms with E-state index in [1.54, 1.807) is 19.2 Å². The maximum Gasteiger partial charge on any atom is 0.251 e. The Balaban J connectivity index is 2.08. The van der Waals surface area contributed by atoms with E-state index < -0.39 is 0 Å². The van der Waals surface area contributed by atoms with Gasteiger partial charge in [0.25, 0.3) is 5.91 Å². The van der Waals surface area contributed by atoms with Crippen LogP contribution in [0.15, 0.2) is 42.5 Å². The highest BCUT2D eigenvalue weighted by molar-refractivity contribution is 5.94. The van der Waals surface area contributed by atoms with E-state index in [0.717, 1.165) is 22.4 Å². The minimum atomic E-state index is -0.0978. The van der Waals surface area contributed by atoms with Crippen molar-refractivity contribution in [3.63, 3.8) is 0 Å². The van der Waals surface area contributed by atoms with Crippen molar-refractivity contribution >= 4 is 22.6 Å². The van der Waals surface area contributed by atoms with Crippen LogP contribution < -0.4 is 11.1 Å². The van der Waals surface area contributed by atoms with Crippen LogP contribution in [0.3, 0.4) is 0 Å². The number of anilines is 1. The molecule has 0 spiro atoms. The molecule has 0 fully saturated rings. The number of nitrogens with two attached hydrogens (primary N) is 1. The van der Waals surface area contributed by atoms with E-state index in [2.05, 4.69) is 10.3 Å². The van der Waals surface area contributed by atoms with Crippen molar-refractivity contribution < 1.29 is 4.79 Å². The summed E-state index contributed by atoms with van der Waals surface area (Å²) in [6.45, 7) is 0. The number of nitrogen functional groups attached to an aromatic ring is 1. The number of benzene rings is 2. The highest BCUT2D eigenvalue weighted by atomic mass is 16.1. The van der Waals surface area contributed by atoms with E-state index in [4.69, 9.17) is 5.73 Å². The lowest BCUT2D eigenvalue weighted by Gasteiger charge is -2.04. The van der Waals surface area contributed by atoms with E-state index >= 15 is 0 Å². The van der Waals surface area contributed by atoms with Crippen LogP contribution in [0, 0.1) is 0 Å². The monoisotopic (exact) mass is 280 g/mol. The van der Waals surface area contributed by atoms with Gasteiger partial charge in [0, 0.05) is 30.9 Å². The molecule has 5 heteroatoms. The van der Waals surface area contributed by atoms with Gasteiger partial charge in [0.2, 0.25) is 0 Å². The molecule has 2 aromatic carbocycles. The Labute approximate surface area is 122 Å². The van der Waals surface area contributed by atoms with Gasteiger partial charge >= 0.3 is 0 Å². The Morgan fingerprint density at radius 1 is 1.19 bits per heavy atom. The van der Waals surface area contributed by atoms with Crippen molar-refractivity contribution in [1.29, 1.82) is 0 Å². The molecular formula is C16H16N4O. The molecule has 5 nitrogen and oxygen atoms in total. The maximum atomic E-state index is 11.6. The van der Waals surface area contributed by atoms with Crippen molar-refractivity contribution in [3.05, 3.63) is 48.0 Å². The van der Waals surface area contributed by atoms with Gasteiger partial charge in [-0.1, -0.05) is 12.1 Å². The minimum Gasteiger partial charge on any atom is -0.399 e. The first-order chi connectivity index (χ1) is 10.1. The molecule has 3 N–H and O–H groups in total. The predicted molar refractivity (Wildman–Crippen MR) is 84.0 cm³/mol. The smallest absolute Gasteiger partial charge is 0.251 e. The second-order valence-corrected chi connectivity index (χ2v) is 4.90. The Morgan fingerprint density at radius 2 is 1.90 bits per heavy atom. The second-order valence-electron chi connectivity index (χ2n) is 4.90. The van der Waals surface area contributed by atoms with Crippen LogP contribution in [0.4, 0.5) is 5.69 Å². The van der Waals surface area contributed by atoms with Gasteiger partial charge in [0.05, 0.1) is 11.0 Å². The molecule has 0 saturated carbocycles. The topological polar surface area (TPSA) is 72.9 Å². The molecule has 1 amide bonds. The summed E-state index contributed by atoms with van der Waals surface area (Å²) >= 11 is 0. The Hall–Kier alpha value is -2.82.